The van der Waals surface area contributed by atoms with Gasteiger partial charge in [-0.15, -0.1) is 0 Å². The normalized spacial score (nSPS) is 17.4. The van der Waals surface area contributed by atoms with Crippen molar-refractivity contribution in [3.8, 4) is 0 Å². The highest BCUT2D eigenvalue weighted by atomic mass is 19.1. The van der Waals surface area contributed by atoms with Crippen LogP contribution in [0.4, 0.5) is 14.6 Å². The molecule has 0 spiro atoms. The summed E-state index contributed by atoms with van der Waals surface area (Å²) in [7, 11) is 3.90. The number of rotatable bonds is 5. The molecule has 3 heterocycles. The maximum atomic E-state index is 14.6. The Balaban J connectivity index is 2.15. The highest BCUT2D eigenvalue weighted by Crippen LogP contribution is 2.26. The third-order valence-electron chi connectivity index (χ3n) is 4.73. The molecule has 1 aliphatic rings. The smallest absolute Gasteiger partial charge is 0.341 e. The summed E-state index contributed by atoms with van der Waals surface area (Å²) in [5, 5.41) is 9.00. The molecule has 26 heavy (non-hydrogen) atoms. The van der Waals surface area contributed by atoms with Crippen LogP contribution in [0.1, 0.15) is 16.8 Å². The first kappa shape index (κ1) is 18.2. The van der Waals surface area contributed by atoms with E-state index >= 15 is 0 Å². The highest BCUT2D eigenvalue weighted by Gasteiger charge is 2.28. The number of likely N-dealkylation sites (N-methyl/N-ethyl adjacent to an activating group) is 1. The largest absolute Gasteiger partial charge is 0.477 e. The first-order chi connectivity index (χ1) is 12.3. The van der Waals surface area contributed by atoms with Crippen LogP contribution in [0.25, 0.3) is 11.0 Å². The summed E-state index contributed by atoms with van der Waals surface area (Å²) >= 11 is 0. The van der Waals surface area contributed by atoms with Crippen molar-refractivity contribution in [3.05, 3.63) is 33.9 Å². The fraction of sp³-hybridized carbons (Fsp3) is 0.471. The average Bonchev–Trinajstić information content (AvgIpc) is 3.07. The van der Waals surface area contributed by atoms with Crippen LogP contribution in [0.2, 0.25) is 0 Å². The van der Waals surface area contributed by atoms with Gasteiger partial charge in [-0.2, -0.15) is 0 Å². The number of hydrogen-bond donors (Lipinski definition) is 1. The molecule has 0 aromatic carbocycles. The molecule has 7 nitrogen and oxygen atoms in total. The zero-order valence-corrected chi connectivity index (χ0v) is 14.6. The molecule has 0 radical (unpaired) electrons. The van der Waals surface area contributed by atoms with Gasteiger partial charge in [0.15, 0.2) is 11.6 Å². The molecule has 1 atom stereocenters. The van der Waals surface area contributed by atoms with Crippen LogP contribution in [0.15, 0.2) is 17.1 Å². The number of carboxylic acid groups (broad SMARTS) is 1. The van der Waals surface area contributed by atoms with Crippen molar-refractivity contribution in [3.63, 3.8) is 0 Å². The zero-order valence-electron chi connectivity index (χ0n) is 14.6. The van der Waals surface area contributed by atoms with Gasteiger partial charge in [0.25, 0.3) is 0 Å². The summed E-state index contributed by atoms with van der Waals surface area (Å²) in [5.41, 5.74) is -1.27. The van der Waals surface area contributed by atoms with E-state index in [2.05, 4.69) is 9.88 Å². The maximum absolute atomic E-state index is 14.6. The second-order valence-electron chi connectivity index (χ2n) is 6.58. The lowest BCUT2D eigenvalue weighted by Crippen LogP contribution is -2.32. The first-order valence-electron chi connectivity index (χ1n) is 8.27. The van der Waals surface area contributed by atoms with Gasteiger partial charge >= 0.3 is 5.97 Å². The van der Waals surface area contributed by atoms with Gasteiger partial charge in [-0.3, -0.25) is 4.79 Å². The molecule has 9 heteroatoms. The monoisotopic (exact) mass is 366 g/mol. The second kappa shape index (κ2) is 6.99. The van der Waals surface area contributed by atoms with Gasteiger partial charge in [0.1, 0.15) is 17.9 Å². The first-order valence-corrected chi connectivity index (χ1v) is 8.27. The van der Waals surface area contributed by atoms with Gasteiger partial charge in [0, 0.05) is 25.3 Å². The Morgan fingerprint density at radius 3 is 2.77 bits per heavy atom. The number of anilines is 1. The van der Waals surface area contributed by atoms with E-state index < -0.39 is 29.5 Å². The SMILES string of the molecule is CN(C)C1CCN(c2nc3c(cc2F)c(=O)c(C(=O)O)cn3CCF)C1. The topological polar surface area (TPSA) is 78.7 Å². The van der Waals surface area contributed by atoms with Gasteiger partial charge in [-0.1, -0.05) is 0 Å². The molecule has 0 saturated carbocycles. The third kappa shape index (κ3) is 3.14. The van der Waals surface area contributed by atoms with Crippen molar-refractivity contribution in [2.75, 3.05) is 38.8 Å². The second-order valence-corrected chi connectivity index (χ2v) is 6.58. The van der Waals surface area contributed by atoms with Crippen molar-refractivity contribution in [1.82, 2.24) is 14.5 Å². The van der Waals surface area contributed by atoms with E-state index in [4.69, 9.17) is 5.11 Å². The number of halogens is 2. The lowest BCUT2D eigenvalue weighted by Gasteiger charge is -2.22. The van der Waals surface area contributed by atoms with Gasteiger partial charge < -0.3 is 19.5 Å². The molecule has 1 N–H and O–H groups in total. The lowest BCUT2D eigenvalue weighted by molar-refractivity contribution is 0.0694. The third-order valence-corrected chi connectivity index (χ3v) is 4.73. The van der Waals surface area contributed by atoms with Crippen molar-refractivity contribution in [2.24, 2.45) is 0 Å². The molecule has 2 aromatic rings. The van der Waals surface area contributed by atoms with E-state index in [9.17, 15) is 18.4 Å². The van der Waals surface area contributed by atoms with Gasteiger partial charge in [-0.25, -0.2) is 18.6 Å². The van der Waals surface area contributed by atoms with Crippen LogP contribution < -0.4 is 10.3 Å². The fourth-order valence-electron chi connectivity index (χ4n) is 3.27. The lowest BCUT2D eigenvalue weighted by atomic mass is 10.2. The van der Waals surface area contributed by atoms with E-state index in [0.717, 1.165) is 18.7 Å². The van der Waals surface area contributed by atoms with Crippen LogP contribution in [0.3, 0.4) is 0 Å². The van der Waals surface area contributed by atoms with Crippen LogP contribution in [0.5, 0.6) is 0 Å². The summed E-state index contributed by atoms with van der Waals surface area (Å²) in [6.45, 7) is 0.259. The molecule has 1 saturated heterocycles. The number of aromatic carboxylic acids is 1. The summed E-state index contributed by atoms with van der Waals surface area (Å²) in [6, 6.07) is 1.26. The Bertz CT molecular complexity index is 913. The Labute approximate surface area is 148 Å². The van der Waals surface area contributed by atoms with Crippen LogP contribution in [-0.2, 0) is 6.54 Å². The van der Waals surface area contributed by atoms with Crippen molar-refractivity contribution < 1.29 is 18.7 Å². The molecule has 1 aliphatic heterocycles. The molecule has 140 valence electrons. The number of alkyl halides is 1. The molecular formula is C17H20F2N4O3. The predicted molar refractivity (Wildman–Crippen MR) is 93.2 cm³/mol. The van der Waals surface area contributed by atoms with Crippen molar-refractivity contribution in [2.45, 2.75) is 19.0 Å². The minimum atomic E-state index is -1.44. The Morgan fingerprint density at radius 2 is 2.19 bits per heavy atom. The zero-order chi connectivity index (χ0) is 19.0. The quantitative estimate of drug-likeness (QED) is 0.861. The molecular weight excluding hydrogens is 346 g/mol. The summed E-state index contributed by atoms with van der Waals surface area (Å²) in [5.74, 6) is -2.04. The van der Waals surface area contributed by atoms with E-state index in [1.807, 2.05) is 14.1 Å². The maximum Gasteiger partial charge on any atom is 0.341 e. The minimum Gasteiger partial charge on any atom is -0.477 e. The summed E-state index contributed by atoms with van der Waals surface area (Å²) < 4.78 is 28.8. The van der Waals surface area contributed by atoms with Crippen LogP contribution in [0, 0.1) is 5.82 Å². The number of aromatic nitrogens is 2. The number of pyridine rings is 2. The molecule has 2 aromatic heterocycles. The fourth-order valence-corrected chi connectivity index (χ4v) is 3.27. The average molecular weight is 366 g/mol. The molecule has 1 fully saturated rings. The molecule has 0 aliphatic carbocycles. The Kier molecular flexibility index (Phi) is 4.90. The molecule has 0 amide bonds. The number of fused-ring (bicyclic) bond motifs is 1. The predicted octanol–water partition coefficient (Wildman–Crippen LogP) is 1.34. The van der Waals surface area contributed by atoms with E-state index in [1.54, 1.807) is 4.90 Å². The standard InChI is InChI=1S/C17H20F2N4O3/c1-21(2)10-3-5-22(8-10)16-13(19)7-11-14(24)12(17(25)26)9-23(6-4-18)15(11)20-16/h7,9-10H,3-6,8H2,1-2H3,(H,25,26). The molecule has 0 bridgehead atoms. The number of aryl methyl sites for hydroxylation is 1. The number of carboxylic acids is 1. The number of hydrogen-bond acceptors (Lipinski definition) is 5. The van der Waals surface area contributed by atoms with Crippen LogP contribution in [-0.4, -0.2) is 65.4 Å². The summed E-state index contributed by atoms with van der Waals surface area (Å²) in [6.07, 6.45) is 1.91. The van der Waals surface area contributed by atoms with E-state index in [-0.39, 0.29) is 29.4 Å². The van der Waals surface area contributed by atoms with E-state index in [1.165, 1.54) is 4.57 Å². The van der Waals surface area contributed by atoms with E-state index in [0.29, 0.717) is 13.1 Å². The van der Waals surface area contributed by atoms with Crippen LogP contribution >= 0.6 is 0 Å². The summed E-state index contributed by atoms with van der Waals surface area (Å²) in [4.78, 5) is 31.7. The molecule has 1 unspecified atom stereocenters. The van der Waals surface area contributed by atoms with Crippen molar-refractivity contribution >= 4 is 22.8 Å². The van der Waals surface area contributed by atoms with Gasteiger partial charge in [0.05, 0.1) is 11.9 Å². The van der Waals surface area contributed by atoms with Crippen molar-refractivity contribution in [1.29, 1.82) is 0 Å². The number of carbonyl (C=O) groups is 1. The Morgan fingerprint density at radius 1 is 1.46 bits per heavy atom. The minimum absolute atomic E-state index is 0.0855. The Hall–Kier alpha value is -2.55. The number of nitrogens with zero attached hydrogens (tertiary/aromatic N) is 4. The highest BCUT2D eigenvalue weighted by molar-refractivity contribution is 5.92. The van der Waals surface area contributed by atoms with Gasteiger partial charge in [-0.05, 0) is 26.6 Å². The van der Waals surface area contributed by atoms with Gasteiger partial charge in [0.2, 0.25) is 5.43 Å². The molecule has 3 rings (SSSR count).